The summed E-state index contributed by atoms with van der Waals surface area (Å²) < 4.78 is 0. The molecule has 0 radical (unpaired) electrons. The molecule has 2 bridgehead atoms. The largest absolute Gasteiger partial charge is 0.402 e. The van der Waals surface area contributed by atoms with E-state index in [4.69, 9.17) is 5.73 Å². The molecule has 0 aliphatic heterocycles. The first-order valence-electron chi connectivity index (χ1n) is 14.0. The van der Waals surface area contributed by atoms with E-state index in [1.54, 1.807) is 0 Å². The van der Waals surface area contributed by atoms with E-state index in [2.05, 4.69) is 18.8 Å². The van der Waals surface area contributed by atoms with Crippen LogP contribution in [0.1, 0.15) is 84.5 Å². The van der Waals surface area contributed by atoms with Crippen LogP contribution in [-0.2, 0) is 4.79 Å². The first kappa shape index (κ1) is 21.1. The Labute approximate surface area is 198 Å². The lowest BCUT2D eigenvalue weighted by Crippen LogP contribution is -2.51. The maximum atomic E-state index is 13.7. The summed E-state index contributed by atoms with van der Waals surface area (Å²) in [6.07, 6.45) is 14.7. The predicted octanol–water partition coefficient (Wildman–Crippen LogP) is 4.90. The van der Waals surface area contributed by atoms with E-state index in [-0.39, 0.29) is 10.8 Å². The molecular weight excluding hydrogens is 408 g/mol. The van der Waals surface area contributed by atoms with Gasteiger partial charge in [0, 0.05) is 17.3 Å². The van der Waals surface area contributed by atoms with E-state index in [9.17, 15) is 9.90 Å². The molecular formula is C29H42N2O2. The molecule has 8 aliphatic rings. The minimum atomic E-state index is -0.439. The Morgan fingerprint density at radius 1 is 1.03 bits per heavy atom. The van der Waals surface area contributed by atoms with Crippen LogP contribution in [0.25, 0.3) is 0 Å². The Morgan fingerprint density at radius 2 is 1.79 bits per heavy atom. The van der Waals surface area contributed by atoms with Crippen LogP contribution in [0.15, 0.2) is 16.3 Å². The molecule has 33 heavy (non-hydrogen) atoms. The van der Waals surface area contributed by atoms with Crippen LogP contribution < -0.4 is 5.73 Å². The van der Waals surface area contributed by atoms with Gasteiger partial charge in [-0.15, -0.1) is 0 Å². The summed E-state index contributed by atoms with van der Waals surface area (Å²) >= 11 is 0. The second kappa shape index (κ2) is 6.74. The average Bonchev–Trinajstić information content (AvgIpc) is 3.63. The van der Waals surface area contributed by atoms with Gasteiger partial charge in [0.1, 0.15) is 0 Å². The second-order valence-electron chi connectivity index (χ2n) is 13.7. The lowest BCUT2D eigenvalue weighted by atomic mass is 9.49. The summed E-state index contributed by atoms with van der Waals surface area (Å²) in [7, 11) is 0. The highest BCUT2D eigenvalue weighted by Gasteiger charge is 2.99. The molecule has 0 aromatic carbocycles. The minimum Gasteiger partial charge on any atom is -0.402 e. The molecule has 7 fully saturated rings. The number of rotatable bonds is 4. The maximum absolute atomic E-state index is 13.7. The molecule has 4 nitrogen and oxygen atoms in total. The van der Waals surface area contributed by atoms with Crippen molar-refractivity contribution >= 4 is 12.0 Å². The Bertz CT molecular complexity index is 939. The lowest BCUT2D eigenvalue weighted by molar-refractivity contribution is -0.134. The third kappa shape index (κ3) is 2.63. The van der Waals surface area contributed by atoms with E-state index in [1.807, 2.05) is 6.21 Å². The number of carbonyl (C=O) groups excluding carboxylic acids is 1. The lowest BCUT2D eigenvalue weighted by Gasteiger charge is -2.56. The number of aliphatic hydroxyl groups is 1. The van der Waals surface area contributed by atoms with Crippen LogP contribution in [0.3, 0.4) is 0 Å². The molecule has 4 heteroatoms. The zero-order valence-corrected chi connectivity index (χ0v) is 20.6. The standard InChI is InChI=1S/C29H42N2O2/c1-27(33)11-9-18-16(13-27)7-8-20-19(18)10-12-28(2)24(20)23-25-26(23)29(25,28)22(32)15-31-14-17-5-3-4-6-21(17)30/h14,16,18-20,23-26,33H,3-13,15,30H2,1-2H3. The molecule has 8 aliphatic carbocycles. The van der Waals surface area contributed by atoms with Gasteiger partial charge in [0.15, 0.2) is 5.78 Å². The Balaban J connectivity index is 1.08. The van der Waals surface area contributed by atoms with E-state index >= 15 is 0 Å². The molecule has 0 aromatic rings. The van der Waals surface area contributed by atoms with Crippen molar-refractivity contribution in [3.63, 3.8) is 0 Å². The van der Waals surface area contributed by atoms with Gasteiger partial charge in [0.25, 0.3) is 0 Å². The summed E-state index contributed by atoms with van der Waals surface area (Å²) in [4.78, 5) is 18.3. The van der Waals surface area contributed by atoms with Crippen LogP contribution >= 0.6 is 0 Å². The van der Waals surface area contributed by atoms with Crippen LogP contribution in [0.2, 0.25) is 0 Å². The van der Waals surface area contributed by atoms with E-state index in [0.29, 0.717) is 24.2 Å². The summed E-state index contributed by atoms with van der Waals surface area (Å²) in [5.41, 5.74) is 8.09. The van der Waals surface area contributed by atoms with Crippen molar-refractivity contribution in [3.8, 4) is 0 Å². The van der Waals surface area contributed by atoms with Gasteiger partial charge in [-0.1, -0.05) is 6.92 Å². The highest BCUT2D eigenvalue weighted by atomic mass is 16.3. The van der Waals surface area contributed by atoms with Crippen molar-refractivity contribution in [2.75, 3.05) is 6.54 Å². The highest BCUT2D eigenvalue weighted by Crippen LogP contribution is 2.99. The van der Waals surface area contributed by atoms with Crippen molar-refractivity contribution in [2.45, 2.75) is 90.1 Å². The quantitative estimate of drug-likeness (QED) is 0.598. The number of fused-ring (bicyclic) bond motifs is 3. The van der Waals surface area contributed by atoms with E-state index < -0.39 is 5.60 Å². The topological polar surface area (TPSA) is 75.7 Å². The SMILES string of the molecule is CC1(O)CCC2C(CCC3C2CCC2(C)C3C3C4C3C42C(=O)CN=CC2=C(N)CCCC2)C1. The van der Waals surface area contributed by atoms with Crippen molar-refractivity contribution in [1.82, 2.24) is 0 Å². The molecule has 9 atom stereocenters. The molecule has 0 amide bonds. The number of aliphatic imine (C=N–C) groups is 1. The van der Waals surface area contributed by atoms with Gasteiger partial charge in [-0.05, 0) is 136 Å². The van der Waals surface area contributed by atoms with Crippen molar-refractivity contribution in [1.29, 1.82) is 0 Å². The molecule has 0 spiro atoms. The van der Waals surface area contributed by atoms with Crippen LogP contribution in [0.4, 0.5) is 0 Å². The fourth-order valence-corrected chi connectivity index (χ4v) is 11.2. The number of allylic oxidation sites excluding steroid dienone is 2. The molecule has 7 saturated carbocycles. The number of Topliss-reactive ketones (excluding diaryl/α,β-unsaturated/α-hetero) is 1. The number of hydrogen-bond acceptors (Lipinski definition) is 4. The van der Waals surface area contributed by atoms with Crippen molar-refractivity contribution in [3.05, 3.63) is 11.3 Å². The maximum Gasteiger partial charge on any atom is 0.161 e. The first-order chi connectivity index (χ1) is 15.8. The van der Waals surface area contributed by atoms with Crippen molar-refractivity contribution < 1.29 is 9.90 Å². The summed E-state index contributed by atoms with van der Waals surface area (Å²) in [6, 6.07) is 0. The van der Waals surface area contributed by atoms with Gasteiger partial charge < -0.3 is 10.8 Å². The molecule has 0 heterocycles. The number of ketones is 1. The zero-order chi connectivity index (χ0) is 22.8. The van der Waals surface area contributed by atoms with Gasteiger partial charge in [-0.25, -0.2) is 0 Å². The number of nitrogens with two attached hydrogens (primary N) is 1. The smallest absolute Gasteiger partial charge is 0.161 e. The molecule has 180 valence electrons. The molecule has 3 N–H and O–H groups in total. The van der Waals surface area contributed by atoms with E-state index in [1.165, 1.54) is 50.5 Å². The molecule has 8 rings (SSSR count). The minimum absolute atomic E-state index is 0.0236. The summed E-state index contributed by atoms with van der Waals surface area (Å²) in [5.74, 6) is 6.69. The summed E-state index contributed by atoms with van der Waals surface area (Å²) in [5, 5.41) is 10.7. The fourth-order valence-electron chi connectivity index (χ4n) is 11.2. The van der Waals surface area contributed by atoms with Crippen molar-refractivity contribution in [2.24, 2.45) is 68.9 Å². The molecule has 0 aromatic heterocycles. The first-order valence-corrected chi connectivity index (χ1v) is 14.0. The third-order valence-electron chi connectivity index (χ3n) is 12.4. The van der Waals surface area contributed by atoms with Crippen LogP contribution in [-0.4, -0.2) is 29.3 Å². The number of nitrogens with zero attached hydrogens (tertiary/aromatic N) is 1. The fraction of sp³-hybridized carbons (Fsp3) is 0.862. The number of carbonyl (C=O) groups is 1. The predicted molar refractivity (Wildman–Crippen MR) is 129 cm³/mol. The normalized spacial score (nSPS) is 56.1. The third-order valence-corrected chi connectivity index (χ3v) is 12.4. The highest BCUT2D eigenvalue weighted by molar-refractivity contribution is 5.96. The Morgan fingerprint density at radius 3 is 2.58 bits per heavy atom. The monoisotopic (exact) mass is 450 g/mol. The summed E-state index contributed by atoms with van der Waals surface area (Å²) in [6.45, 7) is 4.93. The van der Waals surface area contributed by atoms with Gasteiger partial charge >= 0.3 is 0 Å². The van der Waals surface area contributed by atoms with Gasteiger partial charge in [-0.3, -0.25) is 9.79 Å². The van der Waals surface area contributed by atoms with Crippen LogP contribution in [0, 0.1) is 58.2 Å². The number of hydrogen-bond donors (Lipinski definition) is 2. The van der Waals surface area contributed by atoms with Gasteiger partial charge in [0.05, 0.1) is 12.1 Å². The average molecular weight is 451 g/mol. The van der Waals surface area contributed by atoms with E-state index in [0.717, 1.165) is 66.9 Å². The zero-order valence-electron chi connectivity index (χ0n) is 20.6. The Hall–Kier alpha value is -1.16. The second-order valence-corrected chi connectivity index (χ2v) is 13.7. The molecule has 0 saturated heterocycles. The Kier molecular flexibility index (Phi) is 4.32. The molecule has 9 unspecified atom stereocenters. The van der Waals surface area contributed by atoms with Gasteiger partial charge in [0.2, 0.25) is 0 Å². The van der Waals surface area contributed by atoms with Crippen LogP contribution in [0.5, 0.6) is 0 Å². The van der Waals surface area contributed by atoms with Gasteiger partial charge in [-0.2, -0.15) is 0 Å².